The number of hydrogen-bond donors (Lipinski definition) is 1. The molecule has 0 aromatic heterocycles. The maximum absolute atomic E-state index is 9.90. The Bertz CT molecular complexity index is 317. The molecule has 14 heavy (non-hydrogen) atoms. The SMILES string of the molecule is C.Cc1cc2c(cc1C)CC(C)(O)C2. The highest BCUT2D eigenvalue weighted by molar-refractivity contribution is 5.41. The molecule has 1 N–H and O–H groups in total. The molecule has 0 saturated carbocycles. The number of fused-ring (bicyclic) bond motifs is 1. The van der Waals surface area contributed by atoms with Crippen molar-refractivity contribution in [3.8, 4) is 0 Å². The zero-order chi connectivity index (χ0) is 9.64. The van der Waals surface area contributed by atoms with Gasteiger partial charge in [0, 0.05) is 12.8 Å². The van der Waals surface area contributed by atoms with Crippen molar-refractivity contribution in [2.45, 2.75) is 46.6 Å². The quantitative estimate of drug-likeness (QED) is 0.670. The van der Waals surface area contributed by atoms with E-state index in [0.717, 1.165) is 12.8 Å². The molecule has 0 amide bonds. The summed E-state index contributed by atoms with van der Waals surface area (Å²) in [5, 5.41) is 9.90. The van der Waals surface area contributed by atoms with Crippen LogP contribution in [0.15, 0.2) is 12.1 Å². The Labute approximate surface area is 86.8 Å². The van der Waals surface area contributed by atoms with Crippen LogP contribution < -0.4 is 0 Å². The van der Waals surface area contributed by atoms with Crippen LogP contribution in [-0.4, -0.2) is 10.7 Å². The van der Waals surface area contributed by atoms with E-state index in [-0.39, 0.29) is 7.43 Å². The lowest BCUT2D eigenvalue weighted by Crippen LogP contribution is -2.23. The first-order valence-corrected chi connectivity index (χ1v) is 4.79. The van der Waals surface area contributed by atoms with E-state index < -0.39 is 5.60 Å². The molecule has 1 aliphatic carbocycles. The van der Waals surface area contributed by atoms with Crippen LogP contribution in [0.5, 0.6) is 0 Å². The molecule has 0 saturated heterocycles. The molecule has 78 valence electrons. The molecular weight excluding hydrogens is 172 g/mol. The highest BCUT2D eigenvalue weighted by atomic mass is 16.3. The lowest BCUT2D eigenvalue weighted by Gasteiger charge is -2.13. The van der Waals surface area contributed by atoms with Gasteiger partial charge in [0.1, 0.15) is 0 Å². The molecule has 0 fully saturated rings. The number of rotatable bonds is 0. The Morgan fingerprint density at radius 2 is 1.43 bits per heavy atom. The lowest BCUT2D eigenvalue weighted by molar-refractivity contribution is 0.0719. The minimum atomic E-state index is -0.511. The van der Waals surface area contributed by atoms with Gasteiger partial charge in [0.25, 0.3) is 0 Å². The first-order valence-electron chi connectivity index (χ1n) is 4.79. The van der Waals surface area contributed by atoms with Gasteiger partial charge in [0.15, 0.2) is 0 Å². The van der Waals surface area contributed by atoms with Crippen LogP contribution in [0.3, 0.4) is 0 Å². The van der Waals surface area contributed by atoms with Crippen LogP contribution in [0.2, 0.25) is 0 Å². The van der Waals surface area contributed by atoms with Crippen LogP contribution in [-0.2, 0) is 12.8 Å². The summed E-state index contributed by atoms with van der Waals surface area (Å²) in [6.45, 7) is 6.17. The van der Waals surface area contributed by atoms with Gasteiger partial charge in [-0.15, -0.1) is 0 Å². The summed E-state index contributed by atoms with van der Waals surface area (Å²) in [5.74, 6) is 0. The van der Waals surface area contributed by atoms with E-state index in [1.54, 1.807) is 0 Å². The first kappa shape index (κ1) is 11.3. The zero-order valence-corrected chi connectivity index (χ0v) is 8.52. The van der Waals surface area contributed by atoms with Crippen molar-refractivity contribution in [2.75, 3.05) is 0 Å². The molecule has 0 bridgehead atoms. The summed E-state index contributed by atoms with van der Waals surface area (Å²) in [7, 11) is 0. The Kier molecular flexibility index (Phi) is 2.73. The van der Waals surface area contributed by atoms with Crippen LogP contribution in [0.4, 0.5) is 0 Å². The summed E-state index contributed by atoms with van der Waals surface area (Å²) >= 11 is 0. The van der Waals surface area contributed by atoms with E-state index in [0.29, 0.717) is 0 Å². The molecule has 1 heteroatoms. The van der Waals surface area contributed by atoms with Gasteiger partial charge >= 0.3 is 0 Å². The number of aliphatic hydroxyl groups is 1. The van der Waals surface area contributed by atoms with E-state index in [1.165, 1.54) is 22.3 Å². The molecule has 0 radical (unpaired) electrons. The largest absolute Gasteiger partial charge is 0.389 e. The van der Waals surface area contributed by atoms with Gasteiger partial charge in [-0.1, -0.05) is 19.6 Å². The average Bonchev–Trinajstić information content (AvgIpc) is 2.24. The standard InChI is InChI=1S/C12H16O.CH4/c1-8-4-10-6-12(3,13)7-11(10)5-9(8)2;/h4-5,13H,6-7H2,1-3H3;1H4. The zero-order valence-electron chi connectivity index (χ0n) is 8.52. The maximum Gasteiger partial charge on any atom is 0.0700 e. The number of aryl methyl sites for hydroxylation is 2. The fraction of sp³-hybridized carbons (Fsp3) is 0.538. The second-order valence-corrected chi connectivity index (χ2v) is 4.56. The molecule has 0 heterocycles. The molecule has 0 aliphatic heterocycles. The monoisotopic (exact) mass is 192 g/mol. The van der Waals surface area contributed by atoms with Crippen molar-refractivity contribution in [1.29, 1.82) is 0 Å². The van der Waals surface area contributed by atoms with Gasteiger partial charge in [-0.3, -0.25) is 0 Å². The lowest BCUT2D eigenvalue weighted by atomic mass is 10.0. The summed E-state index contributed by atoms with van der Waals surface area (Å²) in [6, 6.07) is 4.43. The van der Waals surface area contributed by atoms with E-state index >= 15 is 0 Å². The molecular formula is C13H20O. The topological polar surface area (TPSA) is 20.2 Å². The third-order valence-electron chi connectivity index (χ3n) is 2.96. The van der Waals surface area contributed by atoms with Crippen molar-refractivity contribution in [3.05, 3.63) is 34.4 Å². The van der Waals surface area contributed by atoms with Crippen LogP contribution in [0, 0.1) is 13.8 Å². The van der Waals surface area contributed by atoms with Gasteiger partial charge in [0.2, 0.25) is 0 Å². The van der Waals surface area contributed by atoms with E-state index in [9.17, 15) is 5.11 Å². The Balaban J connectivity index is 0.000000980. The number of hydrogen-bond acceptors (Lipinski definition) is 1. The maximum atomic E-state index is 9.90. The minimum Gasteiger partial charge on any atom is -0.389 e. The summed E-state index contributed by atoms with van der Waals surface area (Å²) in [5.41, 5.74) is 4.80. The molecule has 0 atom stereocenters. The van der Waals surface area contributed by atoms with E-state index in [1.807, 2.05) is 6.92 Å². The van der Waals surface area contributed by atoms with Crippen molar-refractivity contribution in [3.63, 3.8) is 0 Å². The van der Waals surface area contributed by atoms with Gasteiger partial charge in [-0.2, -0.15) is 0 Å². The normalized spacial score (nSPS) is 17.4. The van der Waals surface area contributed by atoms with E-state index in [2.05, 4.69) is 26.0 Å². The molecule has 1 aromatic rings. The van der Waals surface area contributed by atoms with E-state index in [4.69, 9.17) is 0 Å². The minimum absolute atomic E-state index is 0. The average molecular weight is 192 g/mol. The van der Waals surface area contributed by atoms with Gasteiger partial charge < -0.3 is 5.11 Å². The second-order valence-electron chi connectivity index (χ2n) is 4.56. The third kappa shape index (κ3) is 1.83. The molecule has 0 spiro atoms. The van der Waals surface area contributed by atoms with Gasteiger partial charge in [-0.25, -0.2) is 0 Å². The summed E-state index contributed by atoms with van der Waals surface area (Å²) < 4.78 is 0. The molecule has 0 unspecified atom stereocenters. The van der Waals surface area contributed by atoms with Crippen LogP contribution in [0.1, 0.15) is 36.6 Å². The van der Waals surface area contributed by atoms with Crippen LogP contribution in [0.25, 0.3) is 0 Å². The smallest absolute Gasteiger partial charge is 0.0700 e. The van der Waals surface area contributed by atoms with Gasteiger partial charge in [-0.05, 0) is 43.0 Å². The molecule has 1 aromatic carbocycles. The molecule has 1 nitrogen and oxygen atoms in total. The number of benzene rings is 1. The van der Waals surface area contributed by atoms with Crippen molar-refractivity contribution < 1.29 is 5.11 Å². The Morgan fingerprint density at radius 3 is 1.79 bits per heavy atom. The highest BCUT2D eigenvalue weighted by Gasteiger charge is 2.30. The Hall–Kier alpha value is -0.820. The van der Waals surface area contributed by atoms with Gasteiger partial charge in [0.05, 0.1) is 5.60 Å². The first-order chi connectivity index (χ1) is 5.98. The van der Waals surface area contributed by atoms with Crippen molar-refractivity contribution in [2.24, 2.45) is 0 Å². The van der Waals surface area contributed by atoms with Crippen LogP contribution >= 0.6 is 0 Å². The summed E-state index contributed by atoms with van der Waals surface area (Å²) in [6.07, 6.45) is 1.62. The Morgan fingerprint density at radius 1 is 1.07 bits per heavy atom. The molecule has 1 aliphatic rings. The predicted octanol–water partition coefficient (Wildman–Crippen LogP) is 2.79. The highest BCUT2D eigenvalue weighted by Crippen LogP contribution is 2.31. The fourth-order valence-electron chi connectivity index (χ4n) is 2.15. The predicted molar refractivity (Wildman–Crippen MR) is 60.7 cm³/mol. The third-order valence-corrected chi connectivity index (χ3v) is 2.96. The fourth-order valence-corrected chi connectivity index (χ4v) is 2.15. The van der Waals surface area contributed by atoms with Crippen molar-refractivity contribution >= 4 is 0 Å². The summed E-state index contributed by atoms with van der Waals surface area (Å²) in [4.78, 5) is 0. The second kappa shape index (κ2) is 3.39. The van der Waals surface area contributed by atoms with Crippen molar-refractivity contribution in [1.82, 2.24) is 0 Å². The molecule has 2 rings (SSSR count).